The van der Waals surface area contributed by atoms with Gasteiger partial charge in [0, 0.05) is 45.8 Å². The predicted molar refractivity (Wildman–Crippen MR) is 66.7 cm³/mol. The van der Waals surface area contributed by atoms with Gasteiger partial charge in [0.2, 0.25) is 5.91 Å². The summed E-state index contributed by atoms with van der Waals surface area (Å²) in [7, 11) is 0. The molecule has 4 nitrogen and oxygen atoms in total. The minimum absolute atomic E-state index is 0.197. The average Bonchev–Trinajstić information content (AvgIpc) is 3.14. The number of hydrogen-bond donors (Lipinski definition) is 1. The average molecular weight is 240 g/mol. The van der Waals surface area contributed by atoms with Crippen LogP contribution in [0.3, 0.4) is 0 Å². The fraction of sp³-hybridized carbons (Fsp3) is 0.923. The minimum atomic E-state index is 0.197. The first kappa shape index (κ1) is 12.8. The number of aliphatic hydroxyl groups is 1. The Hall–Kier alpha value is -0.610. The molecule has 98 valence electrons. The van der Waals surface area contributed by atoms with Crippen LogP contribution in [0, 0.1) is 5.92 Å². The van der Waals surface area contributed by atoms with Crippen molar-refractivity contribution in [2.45, 2.75) is 32.1 Å². The number of carbonyl (C=O) groups excluding carboxylic acids is 1. The van der Waals surface area contributed by atoms with E-state index in [4.69, 9.17) is 5.11 Å². The second-order valence-electron chi connectivity index (χ2n) is 5.31. The van der Waals surface area contributed by atoms with Crippen molar-refractivity contribution < 1.29 is 9.90 Å². The zero-order chi connectivity index (χ0) is 12.1. The van der Waals surface area contributed by atoms with Crippen LogP contribution >= 0.6 is 0 Å². The van der Waals surface area contributed by atoms with Crippen LogP contribution in [-0.4, -0.2) is 60.1 Å². The number of rotatable bonds is 6. The maximum atomic E-state index is 11.8. The van der Waals surface area contributed by atoms with Crippen molar-refractivity contribution in [1.29, 1.82) is 0 Å². The van der Waals surface area contributed by atoms with Gasteiger partial charge < -0.3 is 10.0 Å². The second-order valence-corrected chi connectivity index (χ2v) is 5.31. The van der Waals surface area contributed by atoms with Crippen molar-refractivity contribution >= 4 is 5.91 Å². The van der Waals surface area contributed by atoms with Gasteiger partial charge in [-0.2, -0.15) is 0 Å². The third kappa shape index (κ3) is 4.28. The van der Waals surface area contributed by atoms with Crippen LogP contribution in [-0.2, 0) is 4.79 Å². The van der Waals surface area contributed by atoms with Crippen molar-refractivity contribution in [3.05, 3.63) is 0 Å². The third-order valence-corrected chi connectivity index (χ3v) is 3.74. The van der Waals surface area contributed by atoms with Gasteiger partial charge in [-0.15, -0.1) is 0 Å². The van der Waals surface area contributed by atoms with E-state index in [0.717, 1.165) is 44.9 Å². The molecule has 0 radical (unpaired) electrons. The van der Waals surface area contributed by atoms with E-state index in [0.29, 0.717) is 6.42 Å². The first-order chi connectivity index (χ1) is 8.29. The van der Waals surface area contributed by atoms with E-state index in [2.05, 4.69) is 4.90 Å². The summed E-state index contributed by atoms with van der Waals surface area (Å²) in [5, 5.41) is 8.68. The molecule has 1 saturated heterocycles. The molecule has 0 spiro atoms. The summed E-state index contributed by atoms with van der Waals surface area (Å²) in [4.78, 5) is 16.3. The van der Waals surface area contributed by atoms with Crippen LogP contribution in [0.2, 0.25) is 0 Å². The summed E-state index contributed by atoms with van der Waals surface area (Å²) in [6.45, 7) is 5.31. The van der Waals surface area contributed by atoms with Crippen molar-refractivity contribution in [1.82, 2.24) is 9.80 Å². The zero-order valence-electron chi connectivity index (χ0n) is 10.6. The summed E-state index contributed by atoms with van der Waals surface area (Å²) >= 11 is 0. The molecular weight excluding hydrogens is 216 g/mol. The highest BCUT2D eigenvalue weighted by molar-refractivity contribution is 5.76. The molecule has 1 N–H and O–H groups in total. The Balaban J connectivity index is 1.61. The molecule has 0 unspecified atom stereocenters. The highest BCUT2D eigenvalue weighted by atomic mass is 16.3. The SMILES string of the molecule is O=C(CCCCO)N1CCN(CC2CC2)CC1. The molecule has 0 aromatic carbocycles. The van der Waals surface area contributed by atoms with Crippen LogP contribution in [0.15, 0.2) is 0 Å². The van der Waals surface area contributed by atoms with Gasteiger partial charge in [-0.05, 0) is 31.6 Å². The molecule has 0 aromatic rings. The Morgan fingerprint density at radius 3 is 2.41 bits per heavy atom. The molecule has 1 amide bonds. The standard InChI is InChI=1S/C13H24N2O2/c16-10-2-1-3-13(17)15-8-6-14(7-9-15)11-12-4-5-12/h12,16H,1-11H2. The van der Waals surface area contributed by atoms with Crippen molar-refractivity contribution in [3.63, 3.8) is 0 Å². The van der Waals surface area contributed by atoms with Gasteiger partial charge in [0.15, 0.2) is 0 Å². The fourth-order valence-corrected chi connectivity index (χ4v) is 2.39. The van der Waals surface area contributed by atoms with E-state index in [-0.39, 0.29) is 12.5 Å². The number of aliphatic hydroxyl groups excluding tert-OH is 1. The number of piperazine rings is 1. The molecule has 2 aliphatic rings. The Morgan fingerprint density at radius 2 is 1.82 bits per heavy atom. The van der Waals surface area contributed by atoms with Crippen LogP contribution < -0.4 is 0 Å². The smallest absolute Gasteiger partial charge is 0.222 e. The lowest BCUT2D eigenvalue weighted by Gasteiger charge is -2.34. The fourth-order valence-electron chi connectivity index (χ4n) is 2.39. The molecule has 1 heterocycles. The highest BCUT2D eigenvalue weighted by Crippen LogP contribution is 2.29. The topological polar surface area (TPSA) is 43.8 Å². The molecule has 1 saturated carbocycles. The summed E-state index contributed by atoms with van der Waals surface area (Å²) in [6, 6.07) is 0. The Kier molecular flexibility index (Phi) is 4.80. The van der Waals surface area contributed by atoms with Gasteiger partial charge in [0.05, 0.1) is 0 Å². The number of hydrogen-bond acceptors (Lipinski definition) is 3. The summed E-state index contributed by atoms with van der Waals surface area (Å²) in [5.74, 6) is 1.21. The van der Waals surface area contributed by atoms with E-state index in [1.165, 1.54) is 19.4 Å². The van der Waals surface area contributed by atoms with Gasteiger partial charge in [-0.25, -0.2) is 0 Å². The summed E-state index contributed by atoms with van der Waals surface area (Å²) in [5.41, 5.74) is 0. The molecule has 0 bridgehead atoms. The normalized spacial score (nSPS) is 21.8. The molecule has 1 aliphatic heterocycles. The lowest BCUT2D eigenvalue weighted by molar-refractivity contribution is -0.133. The van der Waals surface area contributed by atoms with Crippen LogP contribution in [0.4, 0.5) is 0 Å². The predicted octanol–water partition coefficient (Wildman–Crippen LogP) is 0.703. The van der Waals surface area contributed by atoms with Gasteiger partial charge in [0.25, 0.3) is 0 Å². The first-order valence-electron chi connectivity index (χ1n) is 6.90. The van der Waals surface area contributed by atoms with Crippen molar-refractivity contribution in [2.75, 3.05) is 39.3 Å². The monoisotopic (exact) mass is 240 g/mol. The minimum Gasteiger partial charge on any atom is -0.396 e. The molecule has 1 aliphatic carbocycles. The van der Waals surface area contributed by atoms with Crippen LogP contribution in [0.5, 0.6) is 0 Å². The van der Waals surface area contributed by atoms with E-state index in [1.807, 2.05) is 4.90 Å². The lowest BCUT2D eigenvalue weighted by Crippen LogP contribution is -2.49. The zero-order valence-corrected chi connectivity index (χ0v) is 10.6. The largest absolute Gasteiger partial charge is 0.396 e. The number of nitrogens with zero attached hydrogens (tertiary/aromatic N) is 2. The third-order valence-electron chi connectivity index (χ3n) is 3.74. The Bertz CT molecular complexity index is 246. The number of unbranched alkanes of at least 4 members (excludes halogenated alkanes) is 1. The van der Waals surface area contributed by atoms with Gasteiger partial charge >= 0.3 is 0 Å². The van der Waals surface area contributed by atoms with Crippen LogP contribution in [0.1, 0.15) is 32.1 Å². The molecule has 4 heteroatoms. The maximum Gasteiger partial charge on any atom is 0.222 e. The quantitative estimate of drug-likeness (QED) is 0.695. The van der Waals surface area contributed by atoms with Gasteiger partial charge in [-0.3, -0.25) is 9.69 Å². The molecule has 2 fully saturated rings. The van der Waals surface area contributed by atoms with E-state index >= 15 is 0 Å². The molecule has 17 heavy (non-hydrogen) atoms. The summed E-state index contributed by atoms with van der Waals surface area (Å²) in [6.07, 6.45) is 4.97. The van der Waals surface area contributed by atoms with Gasteiger partial charge in [-0.1, -0.05) is 0 Å². The summed E-state index contributed by atoms with van der Waals surface area (Å²) < 4.78 is 0. The van der Waals surface area contributed by atoms with E-state index in [9.17, 15) is 4.79 Å². The van der Waals surface area contributed by atoms with Crippen molar-refractivity contribution in [3.8, 4) is 0 Å². The highest BCUT2D eigenvalue weighted by Gasteiger charge is 2.27. The van der Waals surface area contributed by atoms with E-state index in [1.54, 1.807) is 0 Å². The van der Waals surface area contributed by atoms with E-state index < -0.39 is 0 Å². The molecule has 0 aromatic heterocycles. The van der Waals surface area contributed by atoms with Crippen molar-refractivity contribution in [2.24, 2.45) is 5.92 Å². The molecular formula is C13H24N2O2. The maximum absolute atomic E-state index is 11.8. The number of carbonyl (C=O) groups is 1. The Morgan fingerprint density at radius 1 is 1.12 bits per heavy atom. The lowest BCUT2D eigenvalue weighted by atomic mass is 10.2. The van der Waals surface area contributed by atoms with Crippen LogP contribution in [0.25, 0.3) is 0 Å². The first-order valence-corrected chi connectivity index (χ1v) is 6.90. The Labute approximate surface area is 104 Å². The molecule has 2 rings (SSSR count). The molecule has 0 atom stereocenters. The number of amides is 1. The second kappa shape index (κ2) is 6.36. The van der Waals surface area contributed by atoms with Gasteiger partial charge in [0.1, 0.15) is 0 Å².